The van der Waals surface area contributed by atoms with Crippen molar-refractivity contribution < 1.29 is 29.7 Å². The third-order valence-corrected chi connectivity index (χ3v) is 4.17. The Morgan fingerprint density at radius 2 is 1.10 bits per heavy atom. The van der Waals surface area contributed by atoms with Crippen molar-refractivity contribution in [3.63, 3.8) is 0 Å². The first kappa shape index (κ1) is 25.3. The van der Waals surface area contributed by atoms with Crippen molar-refractivity contribution in [3.05, 3.63) is 49.1 Å². The molecule has 0 aliphatic heterocycles. The third-order valence-electron chi connectivity index (χ3n) is 4.17. The van der Waals surface area contributed by atoms with Crippen molar-refractivity contribution in [1.82, 2.24) is 4.98 Å². The topological polar surface area (TPSA) is 16.8 Å². The Labute approximate surface area is 168 Å². The molecule has 0 aliphatic rings. The first-order valence-corrected chi connectivity index (χ1v) is 11.8. The van der Waals surface area contributed by atoms with Gasteiger partial charge in [0.15, 0.2) is 12.4 Å². The Kier molecular flexibility index (Phi) is 9.07. The number of aromatic nitrogens is 2. The number of halogens is 6. The minimum atomic E-state index is -10.7. The van der Waals surface area contributed by atoms with E-state index in [-0.39, 0.29) is 0 Å². The van der Waals surface area contributed by atoms with Crippen LogP contribution in [-0.2, 0) is 6.54 Å². The molecule has 0 N–H and O–H groups in total. The van der Waals surface area contributed by atoms with Crippen LogP contribution in [0.3, 0.4) is 0 Å². The maximum atomic E-state index is 9.87. The van der Waals surface area contributed by atoms with Crippen LogP contribution in [-0.4, -0.2) is 4.98 Å². The van der Waals surface area contributed by atoms with Gasteiger partial charge >= 0.3 is 33.0 Å². The number of hydrogen-bond donors (Lipinski definition) is 0. The van der Waals surface area contributed by atoms with E-state index in [1.54, 1.807) is 0 Å². The summed E-state index contributed by atoms with van der Waals surface area (Å²) in [6.07, 6.45) is 19.1. The zero-order valence-electron chi connectivity index (χ0n) is 16.6. The van der Waals surface area contributed by atoms with E-state index in [9.17, 15) is 25.2 Å². The van der Waals surface area contributed by atoms with Crippen LogP contribution in [0.1, 0.15) is 58.3 Å². The van der Waals surface area contributed by atoms with Crippen molar-refractivity contribution >= 4 is 7.81 Å². The molecule has 0 aliphatic carbocycles. The van der Waals surface area contributed by atoms with Crippen molar-refractivity contribution in [2.45, 2.75) is 64.8 Å². The zero-order valence-corrected chi connectivity index (χ0v) is 17.5. The monoisotopic (exact) mass is 442 g/mol. The Morgan fingerprint density at radius 1 is 0.690 bits per heavy atom. The van der Waals surface area contributed by atoms with E-state index in [0.29, 0.717) is 0 Å². The molecule has 0 saturated carbocycles. The zero-order chi connectivity index (χ0) is 21.9. The average molecular weight is 442 g/mol. The van der Waals surface area contributed by atoms with Crippen molar-refractivity contribution in [3.8, 4) is 11.1 Å². The minimum absolute atomic E-state index is 1.13. The molecule has 0 spiro atoms. The van der Waals surface area contributed by atoms with Crippen LogP contribution < -0.4 is 4.57 Å². The van der Waals surface area contributed by atoms with Crippen molar-refractivity contribution in [1.29, 1.82) is 0 Å². The SMILES string of the molecule is CCCCCCCCCC[n+]1ccc(-c2ccncc2)cc1.F[P-](F)(F)(F)(F)F. The van der Waals surface area contributed by atoms with Gasteiger partial charge in [-0.1, -0.05) is 45.4 Å². The fourth-order valence-corrected chi connectivity index (χ4v) is 2.77. The second kappa shape index (κ2) is 10.4. The van der Waals surface area contributed by atoms with Crippen LogP contribution >= 0.6 is 7.81 Å². The summed E-state index contributed by atoms with van der Waals surface area (Å²) >= 11 is 0. The van der Waals surface area contributed by atoms with Gasteiger partial charge in [-0.15, -0.1) is 0 Å². The first-order chi connectivity index (χ1) is 13.3. The molecule has 9 heteroatoms. The van der Waals surface area contributed by atoms with Crippen LogP contribution in [0.4, 0.5) is 25.2 Å². The fourth-order valence-electron chi connectivity index (χ4n) is 2.77. The van der Waals surface area contributed by atoms with Gasteiger partial charge in [-0.3, -0.25) is 4.98 Å². The fraction of sp³-hybridized carbons (Fsp3) is 0.500. The molecular formula is C20H29F6N2P. The molecule has 29 heavy (non-hydrogen) atoms. The van der Waals surface area contributed by atoms with E-state index in [1.165, 1.54) is 62.5 Å². The number of unbranched alkanes of at least 4 members (excludes halogenated alkanes) is 7. The maximum absolute atomic E-state index is 10.7. The summed E-state index contributed by atoms with van der Waals surface area (Å²) in [6, 6.07) is 8.50. The quantitative estimate of drug-likeness (QED) is 0.156. The second-order valence-corrected chi connectivity index (χ2v) is 8.91. The van der Waals surface area contributed by atoms with E-state index in [1.807, 2.05) is 12.4 Å². The van der Waals surface area contributed by atoms with Gasteiger partial charge in [0.1, 0.15) is 6.54 Å². The molecule has 2 aromatic heterocycles. The van der Waals surface area contributed by atoms with Gasteiger partial charge in [0.05, 0.1) is 0 Å². The molecule has 0 radical (unpaired) electrons. The number of aryl methyl sites for hydroxylation is 1. The van der Waals surface area contributed by atoms with Crippen LogP contribution in [0, 0.1) is 0 Å². The van der Waals surface area contributed by atoms with Crippen molar-refractivity contribution in [2.75, 3.05) is 0 Å². The van der Waals surface area contributed by atoms with Gasteiger partial charge in [0.2, 0.25) is 0 Å². The summed E-state index contributed by atoms with van der Waals surface area (Å²) < 4.78 is 61.5. The number of pyridine rings is 2. The Balaban J connectivity index is 0.000000516. The molecule has 2 nitrogen and oxygen atoms in total. The van der Waals surface area contributed by atoms with Crippen molar-refractivity contribution in [2.24, 2.45) is 0 Å². The Morgan fingerprint density at radius 3 is 1.59 bits per heavy atom. The molecule has 2 rings (SSSR count). The normalized spacial score (nSPS) is 13.8. The molecule has 0 aromatic carbocycles. The Hall–Kier alpha value is -1.69. The third kappa shape index (κ3) is 16.9. The molecule has 0 atom stereocenters. The van der Waals surface area contributed by atoms with Gasteiger partial charge < -0.3 is 0 Å². The molecule has 0 fully saturated rings. The number of nitrogens with zero attached hydrogens (tertiary/aromatic N) is 2. The van der Waals surface area contributed by atoms with Gasteiger partial charge in [0, 0.05) is 30.9 Å². The summed E-state index contributed by atoms with van der Waals surface area (Å²) in [4.78, 5) is 4.06. The predicted octanol–water partition coefficient (Wildman–Crippen LogP) is 8.56. The molecule has 0 amide bonds. The van der Waals surface area contributed by atoms with Gasteiger partial charge in [-0.25, -0.2) is 4.57 Å². The van der Waals surface area contributed by atoms with E-state index in [2.05, 4.69) is 53.1 Å². The molecule has 0 unspecified atom stereocenters. The summed E-state index contributed by atoms with van der Waals surface area (Å²) in [6.45, 7) is 3.41. The van der Waals surface area contributed by atoms with E-state index < -0.39 is 7.81 Å². The van der Waals surface area contributed by atoms with Gasteiger partial charge in [0.25, 0.3) is 0 Å². The number of rotatable bonds is 10. The first-order valence-electron chi connectivity index (χ1n) is 9.81. The van der Waals surface area contributed by atoms with E-state index in [0.717, 1.165) is 6.54 Å². The standard InChI is InChI=1S/C20H29N2.F6P/c1-2-3-4-5-6-7-8-9-16-22-17-12-20(13-18-22)19-10-14-21-15-11-19;1-7(2,3,4,5)6/h10-15,17-18H,2-9,16H2,1H3;/q+1;-1. The summed E-state index contributed by atoms with van der Waals surface area (Å²) in [5.41, 5.74) is 2.49. The predicted molar refractivity (Wildman–Crippen MR) is 106 cm³/mol. The van der Waals surface area contributed by atoms with E-state index >= 15 is 0 Å². The molecule has 0 saturated heterocycles. The van der Waals surface area contributed by atoms with Gasteiger partial charge in [-0.05, 0) is 29.7 Å². The van der Waals surface area contributed by atoms with Crippen LogP contribution in [0.25, 0.3) is 11.1 Å². The van der Waals surface area contributed by atoms with Crippen LogP contribution in [0.2, 0.25) is 0 Å². The Bertz CT molecular complexity index is 692. The molecule has 2 heterocycles. The summed E-state index contributed by atoms with van der Waals surface area (Å²) in [5.74, 6) is 0. The van der Waals surface area contributed by atoms with E-state index in [4.69, 9.17) is 0 Å². The molecule has 0 bridgehead atoms. The van der Waals surface area contributed by atoms with Crippen LogP contribution in [0.15, 0.2) is 49.1 Å². The summed E-state index contributed by atoms with van der Waals surface area (Å²) in [5, 5.41) is 0. The second-order valence-electron chi connectivity index (χ2n) is 6.99. The van der Waals surface area contributed by atoms with Gasteiger partial charge in [-0.2, -0.15) is 0 Å². The average Bonchev–Trinajstić information content (AvgIpc) is 2.63. The van der Waals surface area contributed by atoms with Crippen LogP contribution in [0.5, 0.6) is 0 Å². The molecule has 166 valence electrons. The summed E-state index contributed by atoms with van der Waals surface area (Å²) in [7, 11) is -10.7. The number of hydrogen-bond acceptors (Lipinski definition) is 1. The molecular weight excluding hydrogens is 413 g/mol. The molecule has 2 aromatic rings.